The fourth-order valence-corrected chi connectivity index (χ4v) is 3.23. The SMILES string of the molecule is O=C(NCc1ccccc1)c1cc2occc2n1Cc1cccc(C(F)(F)F)c1. The molecule has 0 saturated heterocycles. The summed E-state index contributed by atoms with van der Waals surface area (Å²) in [5.74, 6) is -0.327. The Morgan fingerprint density at radius 1 is 0.966 bits per heavy atom. The lowest BCUT2D eigenvalue weighted by Gasteiger charge is -2.13. The number of benzene rings is 2. The number of furan rings is 1. The number of fused-ring (bicyclic) bond motifs is 1. The summed E-state index contributed by atoms with van der Waals surface area (Å²) in [5.41, 5.74) is 2.14. The van der Waals surface area contributed by atoms with Crippen LogP contribution in [0.3, 0.4) is 0 Å². The zero-order valence-electron chi connectivity index (χ0n) is 15.2. The van der Waals surface area contributed by atoms with Crippen molar-refractivity contribution in [3.05, 3.63) is 95.4 Å². The van der Waals surface area contributed by atoms with Crippen LogP contribution in [0.5, 0.6) is 0 Å². The van der Waals surface area contributed by atoms with Crippen LogP contribution in [-0.4, -0.2) is 10.5 Å². The lowest BCUT2D eigenvalue weighted by molar-refractivity contribution is -0.137. The van der Waals surface area contributed by atoms with Crippen molar-refractivity contribution >= 4 is 17.0 Å². The quantitative estimate of drug-likeness (QED) is 0.500. The topological polar surface area (TPSA) is 47.2 Å². The standard InChI is InChI=1S/C22H17F3N2O2/c23-22(24,25)17-8-4-7-16(11-17)14-27-18-9-10-29-20(18)12-19(27)21(28)26-13-15-5-2-1-3-6-15/h1-12H,13-14H2,(H,26,28). The normalized spacial score (nSPS) is 11.7. The molecule has 0 saturated carbocycles. The summed E-state index contributed by atoms with van der Waals surface area (Å²) in [4.78, 5) is 12.8. The number of nitrogens with one attached hydrogen (secondary N) is 1. The van der Waals surface area contributed by atoms with E-state index in [1.807, 2.05) is 30.3 Å². The molecule has 0 spiro atoms. The number of carbonyl (C=O) groups is 1. The van der Waals surface area contributed by atoms with Crippen molar-refractivity contribution in [1.82, 2.24) is 9.88 Å². The average Bonchev–Trinajstić information content (AvgIpc) is 3.29. The van der Waals surface area contributed by atoms with Crippen LogP contribution in [0.4, 0.5) is 13.2 Å². The first-order valence-electron chi connectivity index (χ1n) is 8.97. The van der Waals surface area contributed by atoms with Crippen molar-refractivity contribution in [3.8, 4) is 0 Å². The number of hydrogen-bond acceptors (Lipinski definition) is 2. The van der Waals surface area contributed by atoms with Crippen LogP contribution in [0.15, 0.2) is 77.4 Å². The summed E-state index contributed by atoms with van der Waals surface area (Å²) >= 11 is 0. The highest BCUT2D eigenvalue weighted by molar-refractivity contribution is 5.97. The Labute approximate surface area is 164 Å². The summed E-state index contributed by atoms with van der Waals surface area (Å²) in [5, 5.41) is 2.85. The molecule has 0 aliphatic rings. The zero-order valence-corrected chi connectivity index (χ0v) is 15.2. The number of nitrogens with zero attached hydrogens (tertiary/aromatic N) is 1. The molecular formula is C22H17F3N2O2. The Morgan fingerprint density at radius 3 is 2.48 bits per heavy atom. The number of amides is 1. The molecule has 0 unspecified atom stereocenters. The second-order valence-electron chi connectivity index (χ2n) is 6.65. The molecule has 148 valence electrons. The molecule has 7 heteroatoms. The van der Waals surface area contributed by atoms with Gasteiger partial charge in [-0.3, -0.25) is 4.79 Å². The third-order valence-corrected chi connectivity index (χ3v) is 4.65. The highest BCUT2D eigenvalue weighted by atomic mass is 19.4. The number of halogens is 3. The van der Waals surface area contributed by atoms with E-state index in [2.05, 4.69) is 5.32 Å². The third kappa shape index (κ3) is 4.03. The maximum atomic E-state index is 13.0. The van der Waals surface area contributed by atoms with Crippen molar-refractivity contribution < 1.29 is 22.4 Å². The highest BCUT2D eigenvalue weighted by Crippen LogP contribution is 2.30. The minimum Gasteiger partial charge on any atom is -0.463 e. The van der Waals surface area contributed by atoms with Gasteiger partial charge in [-0.1, -0.05) is 42.5 Å². The van der Waals surface area contributed by atoms with Crippen LogP contribution in [0.1, 0.15) is 27.2 Å². The fraction of sp³-hybridized carbons (Fsp3) is 0.136. The third-order valence-electron chi connectivity index (χ3n) is 4.65. The molecule has 0 atom stereocenters. The Morgan fingerprint density at radius 2 is 1.72 bits per heavy atom. The predicted molar refractivity (Wildman–Crippen MR) is 102 cm³/mol. The maximum Gasteiger partial charge on any atom is 0.416 e. The van der Waals surface area contributed by atoms with E-state index < -0.39 is 11.7 Å². The summed E-state index contributed by atoms with van der Waals surface area (Å²) in [6.45, 7) is 0.455. The molecule has 4 nitrogen and oxygen atoms in total. The lowest BCUT2D eigenvalue weighted by Crippen LogP contribution is -2.25. The Bertz CT molecular complexity index is 1140. The van der Waals surface area contributed by atoms with E-state index in [1.165, 1.54) is 12.3 Å². The minimum absolute atomic E-state index is 0.112. The molecule has 1 amide bonds. The summed E-state index contributed by atoms with van der Waals surface area (Å²) < 4.78 is 46.1. The molecule has 4 rings (SSSR count). The first-order chi connectivity index (χ1) is 13.9. The molecule has 0 aliphatic carbocycles. The largest absolute Gasteiger partial charge is 0.463 e. The van der Waals surface area contributed by atoms with Crippen molar-refractivity contribution in [2.45, 2.75) is 19.3 Å². The summed E-state index contributed by atoms with van der Waals surface area (Å²) in [6, 6.07) is 17.8. The fourth-order valence-electron chi connectivity index (χ4n) is 3.23. The van der Waals surface area contributed by atoms with Gasteiger partial charge < -0.3 is 14.3 Å². The molecule has 0 radical (unpaired) electrons. The summed E-state index contributed by atoms with van der Waals surface area (Å²) in [6.07, 6.45) is -2.94. The molecular weight excluding hydrogens is 381 g/mol. The molecule has 2 heterocycles. The average molecular weight is 398 g/mol. The molecule has 1 N–H and O–H groups in total. The number of alkyl halides is 3. The second-order valence-corrected chi connectivity index (χ2v) is 6.65. The van der Waals surface area contributed by atoms with E-state index in [1.54, 1.807) is 22.8 Å². The second kappa shape index (κ2) is 7.50. The minimum atomic E-state index is -4.42. The van der Waals surface area contributed by atoms with Crippen LogP contribution in [0.25, 0.3) is 11.1 Å². The molecule has 0 fully saturated rings. The van der Waals surface area contributed by atoms with Gasteiger partial charge in [-0.05, 0) is 23.3 Å². The van der Waals surface area contributed by atoms with E-state index in [-0.39, 0.29) is 12.5 Å². The maximum absolute atomic E-state index is 13.0. The van der Waals surface area contributed by atoms with Gasteiger partial charge in [-0.15, -0.1) is 0 Å². The van der Waals surface area contributed by atoms with Crippen molar-refractivity contribution in [1.29, 1.82) is 0 Å². The van der Waals surface area contributed by atoms with E-state index >= 15 is 0 Å². The van der Waals surface area contributed by atoms with Crippen LogP contribution in [0.2, 0.25) is 0 Å². The van der Waals surface area contributed by atoms with Crippen molar-refractivity contribution in [2.24, 2.45) is 0 Å². The van der Waals surface area contributed by atoms with Crippen LogP contribution < -0.4 is 5.32 Å². The van der Waals surface area contributed by atoms with Crippen molar-refractivity contribution in [2.75, 3.05) is 0 Å². The number of aromatic nitrogens is 1. The number of hydrogen-bond donors (Lipinski definition) is 1. The van der Waals surface area contributed by atoms with Crippen LogP contribution >= 0.6 is 0 Å². The van der Waals surface area contributed by atoms with Gasteiger partial charge >= 0.3 is 6.18 Å². The Hall–Kier alpha value is -3.48. The van der Waals surface area contributed by atoms with Gasteiger partial charge in [0.15, 0.2) is 5.58 Å². The highest BCUT2D eigenvalue weighted by Gasteiger charge is 2.30. The van der Waals surface area contributed by atoms with Gasteiger partial charge in [0.2, 0.25) is 0 Å². The molecule has 4 aromatic rings. The van der Waals surface area contributed by atoms with Gasteiger partial charge in [0.1, 0.15) is 5.69 Å². The molecule has 0 bridgehead atoms. The zero-order chi connectivity index (χ0) is 20.4. The predicted octanol–water partition coefficient (Wildman–Crippen LogP) is 5.23. The number of carbonyl (C=O) groups excluding carboxylic acids is 1. The monoisotopic (exact) mass is 398 g/mol. The first kappa shape index (κ1) is 18.9. The molecule has 29 heavy (non-hydrogen) atoms. The Kier molecular flexibility index (Phi) is 4.88. The Balaban J connectivity index is 1.62. The van der Waals surface area contributed by atoms with Gasteiger partial charge in [-0.25, -0.2) is 0 Å². The smallest absolute Gasteiger partial charge is 0.416 e. The van der Waals surface area contributed by atoms with Crippen LogP contribution in [-0.2, 0) is 19.3 Å². The van der Waals surface area contributed by atoms with E-state index in [4.69, 9.17) is 4.42 Å². The summed E-state index contributed by atoms with van der Waals surface area (Å²) in [7, 11) is 0. The van der Waals surface area contributed by atoms with E-state index in [0.29, 0.717) is 28.9 Å². The van der Waals surface area contributed by atoms with Crippen molar-refractivity contribution in [3.63, 3.8) is 0 Å². The van der Waals surface area contributed by atoms with Crippen LogP contribution in [0, 0.1) is 0 Å². The molecule has 0 aliphatic heterocycles. The molecule has 2 aromatic heterocycles. The first-order valence-corrected chi connectivity index (χ1v) is 8.97. The van der Waals surface area contributed by atoms with Gasteiger partial charge in [0.25, 0.3) is 5.91 Å². The van der Waals surface area contributed by atoms with E-state index in [9.17, 15) is 18.0 Å². The lowest BCUT2D eigenvalue weighted by atomic mass is 10.1. The number of rotatable bonds is 5. The van der Waals surface area contributed by atoms with Gasteiger partial charge in [0.05, 0.1) is 17.3 Å². The van der Waals surface area contributed by atoms with E-state index in [0.717, 1.165) is 17.7 Å². The molecule has 2 aromatic carbocycles. The van der Waals surface area contributed by atoms with Gasteiger partial charge in [0, 0.05) is 25.2 Å². The van der Waals surface area contributed by atoms with Gasteiger partial charge in [-0.2, -0.15) is 13.2 Å².